The second-order valence-electron chi connectivity index (χ2n) is 8.44. The fourth-order valence-electron chi connectivity index (χ4n) is 3.96. The number of benzene rings is 3. The number of nitrogens with zero attached hydrogens (tertiary/aromatic N) is 1. The second-order valence-corrected chi connectivity index (χ2v) is 8.44. The van der Waals surface area contributed by atoms with Crippen LogP contribution < -0.4 is 4.74 Å². The Morgan fingerprint density at radius 3 is 2.26 bits per heavy atom. The zero-order valence-corrected chi connectivity index (χ0v) is 19.6. The van der Waals surface area contributed by atoms with Crippen LogP contribution in [-0.2, 0) is 13.0 Å². The number of hydrogen-bond donors (Lipinski definition) is 1. The fourth-order valence-corrected chi connectivity index (χ4v) is 3.96. The molecule has 0 aliphatic heterocycles. The molecule has 1 N–H and O–H groups in total. The smallest absolute Gasteiger partial charge is 0.358 e. The standard InChI is InChI=1S/C30H29NO3/c1-3-4-8-23-15-16-26(19-21(23)2)27-17-18-28(29(31-27)30(32)33)34-20-22-11-13-25(14-12-22)24-9-6-5-7-10-24/h5-7,9-19H,3-4,8,20H2,1-2H3,(H,32,33). The summed E-state index contributed by atoms with van der Waals surface area (Å²) < 4.78 is 5.86. The Bertz CT molecular complexity index is 1260. The lowest BCUT2D eigenvalue weighted by Gasteiger charge is -2.12. The first-order valence-corrected chi connectivity index (χ1v) is 11.7. The van der Waals surface area contributed by atoms with E-state index in [1.807, 2.05) is 54.6 Å². The van der Waals surface area contributed by atoms with Crippen LogP contribution in [0.1, 0.15) is 46.9 Å². The van der Waals surface area contributed by atoms with Gasteiger partial charge in [-0.05, 0) is 65.8 Å². The summed E-state index contributed by atoms with van der Waals surface area (Å²) in [6, 6.07) is 28.0. The van der Waals surface area contributed by atoms with E-state index in [2.05, 4.69) is 43.1 Å². The third-order valence-electron chi connectivity index (χ3n) is 5.95. The molecule has 4 nitrogen and oxygen atoms in total. The van der Waals surface area contributed by atoms with Crippen molar-refractivity contribution < 1.29 is 14.6 Å². The maximum absolute atomic E-state index is 11.9. The zero-order chi connectivity index (χ0) is 23.9. The molecule has 0 fully saturated rings. The molecule has 0 unspecified atom stereocenters. The lowest BCUT2D eigenvalue weighted by molar-refractivity contribution is 0.0685. The molecule has 0 bridgehead atoms. The summed E-state index contributed by atoms with van der Waals surface area (Å²) in [7, 11) is 0. The van der Waals surface area contributed by atoms with Crippen molar-refractivity contribution in [2.24, 2.45) is 0 Å². The number of unbranched alkanes of at least 4 members (excludes halogenated alkanes) is 1. The second kappa shape index (κ2) is 10.8. The highest BCUT2D eigenvalue weighted by Gasteiger charge is 2.16. The van der Waals surface area contributed by atoms with Crippen molar-refractivity contribution in [3.05, 3.63) is 107 Å². The molecular formula is C30H29NO3. The predicted molar refractivity (Wildman–Crippen MR) is 136 cm³/mol. The summed E-state index contributed by atoms with van der Waals surface area (Å²) in [5.74, 6) is -0.841. The Morgan fingerprint density at radius 1 is 0.882 bits per heavy atom. The van der Waals surface area contributed by atoms with Gasteiger partial charge in [-0.15, -0.1) is 0 Å². The number of carbonyl (C=O) groups is 1. The number of rotatable bonds is 9. The van der Waals surface area contributed by atoms with Crippen molar-refractivity contribution in [1.82, 2.24) is 4.98 Å². The molecule has 0 aliphatic rings. The molecule has 4 heteroatoms. The van der Waals surface area contributed by atoms with E-state index in [4.69, 9.17) is 4.74 Å². The van der Waals surface area contributed by atoms with Gasteiger partial charge in [0.25, 0.3) is 0 Å². The summed E-state index contributed by atoms with van der Waals surface area (Å²) in [5.41, 5.74) is 7.20. The largest absolute Gasteiger partial charge is 0.486 e. The number of carboxylic acid groups (broad SMARTS) is 1. The molecule has 34 heavy (non-hydrogen) atoms. The molecule has 0 aliphatic carbocycles. The van der Waals surface area contributed by atoms with Gasteiger partial charge < -0.3 is 9.84 Å². The molecule has 4 aromatic rings. The van der Waals surface area contributed by atoms with E-state index < -0.39 is 5.97 Å². The minimum Gasteiger partial charge on any atom is -0.486 e. The first-order chi connectivity index (χ1) is 16.5. The SMILES string of the molecule is CCCCc1ccc(-c2ccc(OCc3ccc(-c4ccccc4)cc3)c(C(=O)O)n2)cc1C. The normalized spacial score (nSPS) is 10.8. The molecule has 1 heterocycles. The average Bonchev–Trinajstić information content (AvgIpc) is 2.87. The van der Waals surface area contributed by atoms with Crippen LogP contribution in [0.5, 0.6) is 5.75 Å². The fraction of sp³-hybridized carbons (Fsp3) is 0.200. The van der Waals surface area contributed by atoms with E-state index in [1.54, 1.807) is 6.07 Å². The number of carboxylic acids is 1. The summed E-state index contributed by atoms with van der Waals surface area (Å²) in [6.07, 6.45) is 3.36. The first kappa shape index (κ1) is 23.2. The van der Waals surface area contributed by atoms with Crippen LogP contribution in [0.3, 0.4) is 0 Å². The van der Waals surface area contributed by atoms with E-state index in [0.717, 1.165) is 41.5 Å². The monoisotopic (exact) mass is 451 g/mol. The number of ether oxygens (including phenoxy) is 1. The van der Waals surface area contributed by atoms with Crippen LogP contribution in [0.25, 0.3) is 22.4 Å². The van der Waals surface area contributed by atoms with Crippen molar-refractivity contribution in [1.29, 1.82) is 0 Å². The molecule has 0 saturated carbocycles. The highest BCUT2D eigenvalue weighted by atomic mass is 16.5. The molecule has 4 rings (SSSR count). The molecule has 0 amide bonds. The minimum atomic E-state index is -1.10. The maximum atomic E-state index is 11.9. The number of aromatic nitrogens is 1. The molecule has 1 aromatic heterocycles. The van der Waals surface area contributed by atoms with E-state index in [-0.39, 0.29) is 18.1 Å². The molecule has 0 atom stereocenters. The van der Waals surface area contributed by atoms with Crippen molar-refractivity contribution in [2.45, 2.75) is 39.7 Å². The highest BCUT2D eigenvalue weighted by Crippen LogP contribution is 2.27. The lowest BCUT2D eigenvalue weighted by Crippen LogP contribution is -2.07. The minimum absolute atomic E-state index is 0.0777. The Labute approximate surface area is 200 Å². The molecular weight excluding hydrogens is 422 g/mol. The van der Waals surface area contributed by atoms with Crippen LogP contribution >= 0.6 is 0 Å². The van der Waals surface area contributed by atoms with Crippen LogP contribution in [-0.4, -0.2) is 16.1 Å². The van der Waals surface area contributed by atoms with Gasteiger partial charge in [0.15, 0.2) is 11.4 Å². The van der Waals surface area contributed by atoms with Crippen molar-refractivity contribution in [2.75, 3.05) is 0 Å². The van der Waals surface area contributed by atoms with Crippen molar-refractivity contribution >= 4 is 5.97 Å². The van der Waals surface area contributed by atoms with E-state index in [0.29, 0.717) is 5.69 Å². The van der Waals surface area contributed by atoms with E-state index in [9.17, 15) is 9.90 Å². The summed E-state index contributed by atoms with van der Waals surface area (Å²) in [5, 5.41) is 9.75. The molecule has 0 radical (unpaired) electrons. The molecule has 3 aromatic carbocycles. The topological polar surface area (TPSA) is 59.4 Å². The zero-order valence-electron chi connectivity index (χ0n) is 19.6. The third kappa shape index (κ3) is 5.52. The number of aromatic carboxylic acids is 1. The Morgan fingerprint density at radius 2 is 1.59 bits per heavy atom. The Hall–Kier alpha value is -3.92. The summed E-state index contributed by atoms with van der Waals surface area (Å²) >= 11 is 0. The van der Waals surface area contributed by atoms with Gasteiger partial charge in [-0.25, -0.2) is 9.78 Å². The Balaban J connectivity index is 1.50. The van der Waals surface area contributed by atoms with Gasteiger partial charge in [-0.3, -0.25) is 0 Å². The van der Waals surface area contributed by atoms with Gasteiger partial charge in [0.1, 0.15) is 6.61 Å². The van der Waals surface area contributed by atoms with Crippen LogP contribution in [0, 0.1) is 6.92 Å². The van der Waals surface area contributed by atoms with Gasteiger partial charge in [0.05, 0.1) is 5.69 Å². The number of hydrogen-bond acceptors (Lipinski definition) is 3. The van der Waals surface area contributed by atoms with Crippen LogP contribution in [0.2, 0.25) is 0 Å². The van der Waals surface area contributed by atoms with E-state index >= 15 is 0 Å². The first-order valence-electron chi connectivity index (χ1n) is 11.7. The van der Waals surface area contributed by atoms with Gasteiger partial charge in [0, 0.05) is 5.56 Å². The van der Waals surface area contributed by atoms with Crippen molar-refractivity contribution in [3.63, 3.8) is 0 Å². The lowest BCUT2D eigenvalue weighted by atomic mass is 9.99. The average molecular weight is 452 g/mol. The van der Waals surface area contributed by atoms with Gasteiger partial charge in [0.2, 0.25) is 0 Å². The van der Waals surface area contributed by atoms with Crippen LogP contribution in [0.4, 0.5) is 0 Å². The summed E-state index contributed by atoms with van der Waals surface area (Å²) in [6.45, 7) is 4.54. The molecule has 0 spiro atoms. The van der Waals surface area contributed by atoms with Gasteiger partial charge in [-0.1, -0.05) is 80.1 Å². The molecule has 172 valence electrons. The van der Waals surface area contributed by atoms with Gasteiger partial charge in [-0.2, -0.15) is 0 Å². The van der Waals surface area contributed by atoms with E-state index in [1.165, 1.54) is 11.1 Å². The molecule has 0 saturated heterocycles. The van der Waals surface area contributed by atoms with Crippen LogP contribution in [0.15, 0.2) is 84.9 Å². The van der Waals surface area contributed by atoms with Crippen molar-refractivity contribution in [3.8, 4) is 28.1 Å². The Kier molecular flexibility index (Phi) is 7.38. The number of pyridine rings is 1. The highest BCUT2D eigenvalue weighted by molar-refractivity contribution is 5.89. The quantitative estimate of drug-likeness (QED) is 0.289. The maximum Gasteiger partial charge on any atom is 0.358 e. The van der Waals surface area contributed by atoms with Gasteiger partial charge >= 0.3 is 5.97 Å². The number of aryl methyl sites for hydroxylation is 2. The predicted octanol–water partition coefficient (Wildman–Crippen LogP) is 7.34. The summed E-state index contributed by atoms with van der Waals surface area (Å²) in [4.78, 5) is 16.3. The third-order valence-corrected chi connectivity index (χ3v) is 5.95.